The molecule has 1 unspecified atom stereocenters. The van der Waals surface area contributed by atoms with Crippen molar-refractivity contribution in [3.8, 4) is 11.3 Å². The Morgan fingerprint density at radius 1 is 0.925 bits per heavy atom. The molecule has 2 atom stereocenters. The fourth-order valence-corrected chi connectivity index (χ4v) is 5.05. The molecule has 4 amide bonds. The van der Waals surface area contributed by atoms with Crippen LogP contribution in [0, 0.1) is 0 Å². The SMILES string of the molecule is CC(=O)Nc1ccc2[nH]c(-c3ccc(NC(=O)[C@@H]4CCCN4C(=O)C(NC(=O)O)c4ccccc4)cc3)cc2c1. The second-order valence-corrected chi connectivity index (χ2v) is 9.72. The van der Waals surface area contributed by atoms with Crippen LogP contribution < -0.4 is 16.0 Å². The minimum Gasteiger partial charge on any atom is -0.465 e. The van der Waals surface area contributed by atoms with Crippen molar-refractivity contribution in [2.45, 2.75) is 31.8 Å². The molecule has 0 saturated carbocycles. The van der Waals surface area contributed by atoms with E-state index in [1.165, 1.54) is 11.8 Å². The van der Waals surface area contributed by atoms with Crippen molar-refractivity contribution in [2.24, 2.45) is 0 Å². The molecule has 0 spiro atoms. The van der Waals surface area contributed by atoms with Gasteiger partial charge in [0.25, 0.3) is 5.91 Å². The number of likely N-dealkylation sites (tertiary alicyclic amines) is 1. The van der Waals surface area contributed by atoms with E-state index < -0.39 is 24.1 Å². The molecular formula is C30H29N5O5. The predicted octanol–water partition coefficient (Wildman–Crippen LogP) is 4.73. The molecule has 1 fully saturated rings. The number of carbonyl (C=O) groups is 4. The highest BCUT2D eigenvalue weighted by molar-refractivity contribution is 5.99. The van der Waals surface area contributed by atoms with E-state index in [4.69, 9.17) is 0 Å². The molecule has 0 radical (unpaired) electrons. The summed E-state index contributed by atoms with van der Waals surface area (Å²) in [4.78, 5) is 54.2. The fraction of sp³-hybridized carbons (Fsp3) is 0.200. The van der Waals surface area contributed by atoms with E-state index in [9.17, 15) is 24.3 Å². The molecule has 2 heterocycles. The third-order valence-corrected chi connectivity index (χ3v) is 6.89. The Kier molecular flexibility index (Phi) is 7.50. The van der Waals surface area contributed by atoms with Gasteiger partial charge in [0.2, 0.25) is 11.8 Å². The first-order chi connectivity index (χ1) is 19.3. The van der Waals surface area contributed by atoms with Gasteiger partial charge < -0.3 is 30.9 Å². The van der Waals surface area contributed by atoms with Gasteiger partial charge in [0.15, 0.2) is 0 Å². The molecule has 10 heteroatoms. The summed E-state index contributed by atoms with van der Waals surface area (Å²) in [5.74, 6) is -0.912. The lowest BCUT2D eigenvalue weighted by molar-refractivity contribution is -0.138. The molecular weight excluding hydrogens is 510 g/mol. The van der Waals surface area contributed by atoms with Gasteiger partial charge in [-0.2, -0.15) is 0 Å². The van der Waals surface area contributed by atoms with Crippen molar-refractivity contribution >= 4 is 46.1 Å². The summed E-state index contributed by atoms with van der Waals surface area (Å²) >= 11 is 0. The van der Waals surface area contributed by atoms with Gasteiger partial charge in [-0.25, -0.2) is 4.79 Å². The maximum Gasteiger partial charge on any atom is 0.405 e. The number of carbonyl (C=O) groups excluding carboxylic acids is 3. The molecule has 1 aromatic heterocycles. The van der Waals surface area contributed by atoms with E-state index in [0.717, 1.165) is 27.8 Å². The zero-order chi connectivity index (χ0) is 28.2. The zero-order valence-electron chi connectivity index (χ0n) is 21.8. The zero-order valence-corrected chi connectivity index (χ0v) is 21.8. The number of nitrogens with zero attached hydrogens (tertiary/aromatic N) is 1. The van der Waals surface area contributed by atoms with Crippen LogP contribution in [-0.4, -0.2) is 51.4 Å². The van der Waals surface area contributed by atoms with Crippen LogP contribution in [0.15, 0.2) is 78.9 Å². The summed E-state index contributed by atoms with van der Waals surface area (Å²) in [5, 5.41) is 18.2. The minimum atomic E-state index is -1.31. The maximum atomic E-state index is 13.4. The van der Waals surface area contributed by atoms with Crippen molar-refractivity contribution in [3.05, 3.63) is 84.4 Å². The fourth-order valence-electron chi connectivity index (χ4n) is 5.05. The van der Waals surface area contributed by atoms with Crippen LogP contribution in [0.3, 0.4) is 0 Å². The number of nitrogens with one attached hydrogen (secondary N) is 4. The molecule has 0 bridgehead atoms. The molecule has 204 valence electrons. The van der Waals surface area contributed by atoms with Crippen LogP contribution in [0.2, 0.25) is 0 Å². The largest absolute Gasteiger partial charge is 0.465 e. The molecule has 40 heavy (non-hydrogen) atoms. The average Bonchev–Trinajstić information content (AvgIpc) is 3.59. The molecule has 4 aromatic rings. The van der Waals surface area contributed by atoms with Gasteiger partial charge in [-0.15, -0.1) is 0 Å². The Labute approximate surface area is 230 Å². The van der Waals surface area contributed by atoms with Crippen molar-refractivity contribution in [1.82, 2.24) is 15.2 Å². The van der Waals surface area contributed by atoms with Crippen LogP contribution in [0.25, 0.3) is 22.2 Å². The van der Waals surface area contributed by atoms with Gasteiger partial charge >= 0.3 is 6.09 Å². The Balaban J connectivity index is 1.28. The second kappa shape index (κ2) is 11.3. The highest BCUT2D eigenvalue weighted by atomic mass is 16.4. The first-order valence-electron chi connectivity index (χ1n) is 12.9. The summed E-state index contributed by atoms with van der Waals surface area (Å²) in [6.07, 6.45) is -0.188. The summed E-state index contributed by atoms with van der Waals surface area (Å²) in [6.45, 7) is 1.83. The van der Waals surface area contributed by atoms with Crippen LogP contribution in [-0.2, 0) is 14.4 Å². The number of hydrogen-bond acceptors (Lipinski definition) is 4. The number of benzene rings is 3. The van der Waals surface area contributed by atoms with E-state index in [2.05, 4.69) is 20.9 Å². The van der Waals surface area contributed by atoms with E-state index in [-0.39, 0.29) is 11.8 Å². The summed E-state index contributed by atoms with van der Waals surface area (Å²) < 4.78 is 0. The van der Waals surface area contributed by atoms with E-state index in [0.29, 0.717) is 30.6 Å². The van der Waals surface area contributed by atoms with E-state index in [1.807, 2.05) is 36.4 Å². The molecule has 1 saturated heterocycles. The Morgan fingerprint density at radius 3 is 2.35 bits per heavy atom. The Bertz CT molecular complexity index is 1560. The third-order valence-electron chi connectivity index (χ3n) is 6.89. The van der Waals surface area contributed by atoms with Crippen molar-refractivity contribution < 1.29 is 24.3 Å². The van der Waals surface area contributed by atoms with Crippen LogP contribution in [0.5, 0.6) is 0 Å². The van der Waals surface area contributed by atoms with Crippen molar-refractivity contribution in [1.29, 1.82) is 0 Å². The monoisotopic (exact) mass is 539 g/mol. The lowest BCUT2D eigenvalue weighted by Gasteiger charge is -2.28. The van der Waals surface area contributed by atoms with Crippen LogP contribution >= 0.6 is 0 Å². The second-order valence-electron chi connectivity index (χ2n) is 9.72. The number of aromatic amines is 1. The number of rotatable bonds is 7. The topological polar surface area (TPSA) is 144 Å². The lowest BCUT2D eigenvalue weighted by Crippen LogP contribution is -2.48. The number of amides is 4. The third kappa shape index (κ3) is 5.80. The van der Waals surface area contributed by atoms with Crippen LogP contribution in [0.1, 0.15) is 31.4 Å². The normalized spacial score (nSPS) is 15.4. The average molecular weight is 540 g/mol. The van der Waals surface area contributed by atoms with Gasteiger partial charge in [0.1, 0.15) is 12.1 Å². The number of anilines is 2. The molecule has 5 rings (SSSR count). The standard InChI is InChI=1S/C30H29N5O5/c1-18(36)31-23-13-14-24-21(16-23)17-25(33-24)19-9-11-22(12-10-19)32-28(37)26-8-5-15-35(26)29(38)27(34-30(39)40)20-6-3-2-4-7-20/h2-4,6-7,9-14,16-17,26-27,33-34H,5,8,15H2,1H3,(H,31,36)(H,32,37)(H,39,40)/t26-,27?/m0/s1. The first-order valence-corrected chi connectivity index (χ1v) is 12.9. The van der Waals surface area contributed by atoms with Crippen molar-refractivity contribution in [2.75, 3.05) is 17.2 Å². The van der Waals surface area contributed by atoms with Gasteiger partial charge in [-0.3, -0.25) is 14.4 Å². The van der Waals surface area contributed by atoms with Gasteiger partial charge in [0, 0.05) is 41.4 Å². The highest BCUT2D eigenvalue weighted by Gasteiger charge is 2.38. The van der Waals surface area contributed by atoms with E-state index in [1.54, 1.807) is 42.5 Å². The molecule has 3 aromatic carbocycles. The lowest BCUT2D eigenvalue weighted by atomic mass is 10.0. The number of H-pyrrole nitrogens is 1. The van der Waals surface area contributed by atoms with Gasteiger partial charge in [-0.1, -0.05) is 42.5 Å². The highest BCUT2D eigenvalue weighted by Crippen LogP contribution is 2.28. The van der Waals surface area contributed by atoms with E-state index >= 15 is 0 Å². The number of carboxylic acid groups (broad SMARTS) is 1. The summed E-state index contributed by atoms with van der Waals surface area (Å²) in [7, 11) is 0. The minimum absolute atomic E-state index is 0.134. The first kappa shape index (κ1) is 26.5. The Hall–Kier alpha value is -5.12. The van der Waals surface area contributed by atoms with Gasteiger partial charge in [0.05, 0.1) is 0 Å². The number of aromatic nitrogens is 1. The number of hydrogen-bond donors (Lipinski definition) is 5. The molecule has 0 aliphatic carbocycles. The molecule has 1 aliphatic heterocycles. The summed E-state index contributed by atoms with van der Waals surface area (Å²) in [5.41, 5.74) is 4.55. The Morgan fingerprint density at radius 2 is 1.65 bits per heavy atom. The molecule has 5 N–H and O–H groups in total. The molecule has 10 nitrogen and oxygen atoms in total. The van der Waals surface area contributed by atoms with Crippen LogP contribution in [0.4, 0.5) is 16.2 Å². The molecule has 1 aliphatic rings. The van der Waals surface area contributed by atoms with Crippen molar-refractivity contribution in [3.63, 3.8) is 0 Å². The smallest absolute Gasteiger partial charge is 0.405 e. The summed E-state index contributed by atoms with van der Waals surface area (Å²) in [6, 6.07) is 21.8. The quantitative estimate of drug-likeness (QED) is 0.231. The predicted molar refractivity (Wildman–Crippen MR) is 152 cm³/mol. The van der Waals surface area contributed by atoms with Gasteiger partial charge in [-0.05, 0) is 60.4 Å². The maximum absolute atomic E-state index is 13.4. The number of fused-ring (bicyclic) bond motifs is 1.